The van der Waals surface area contributed by atoms with Crippen molar-refractivity contribution in [2.75, 3.05) is 13.1 Å². The quantitative estimate of drug-likeness (QED) is 0.881. The Morgan fingerprint density at radius 1 is 1.21 bits per heavy atom. The summed E-state index contributed by atoms with van der Waals surface area (Å²) in [5.41, 5.74) is 6.30. The zero-order valence-electron chi connectivity index (χ0n) is 13.8. The van der Waals surface area contributed by atoms with Crippen molar-refractivity contribution in [1.29, 1.82) is 0 Å². The minimum absolute atomic E-state index is 0.0557. The second-order valence-corrected chi connectivity index (χ2v) is 6.30. The summed E-state index contributed by atoms with van der Waals surface area (Å²) < 4.78 is 2.12. The number of hydrogen-bond donors (Lipinski definition) is 2. The SMILES string of the molecule is NC(=O)NCC1CCCCN1C(=O)CCn1ccc2ccccc21. The summed E-state index contributed by atoms with van der Waals surface area (Å²) in [7, 11) is 0. The van der Waals surface area contributed by atoms with E-state index in [2.05, 4.69) is 28.1 Å². The Balaban J connectivity index is 1.61. The van der Waals surface area contributed by atoms with E-state index in [1.807, 2.05) is 23.2 Å². The largest absolute Gasteiger partial charge is 0.352 e. The fraction of sp³-hybridized carbons (Fsp3) is 0.444. The first-order valence-electron chi connectivity index (χ1n) is 8.52. The summed E-state index contributed by atoms with van der Waals surface area (Å²) in [5.74, 6) is 0.142. The molecule has 1 unspecified atom stereocenters. The number of amides is 3. The molecule has 3 N–H and O–H groups in total. The molecule has 2 heterocycles. The van der Waals surface area contributed by atoms with Crippen molar-refractivity contribution in [3.63, 3.8) is 0 Å². The fourth-order valence-electron chi connectivity index (χ4n) is 3.45. The van der Waals surface area contributed by atoms with Gasteiger partial charge in [0.1, 0.15) is 0 Å². The lowest BCUT2D eigenvalue weighted by molar-refractivity contribution is -0.135. The zero-order chi connectivity index (χ0) is 16.9. The molecule has 0 radical (unpaired) electrons. The third kappa shape index (κ3) is 3.69. The Kier molecular flexibility index (Phi) is 5.03. The number of urea groups is 1. The predicted octanol–water partition coefficient (Wildman–Crippen LogP) is 2.08. The number of hydrogen-bond acceptors (Lipinski definition) is 2. The summed E-state index contributed by atoms with van der Waals surface area (Å²) >= 11 is 0. The molecule has 1 fully saturated rings. The van der Waals surface area contributed by atoms with Crippen LogP contribution < -0.4 is 11.1 Å². The number of nitrogens with two attached hydrogens (primary N) is 1. The minimum Gasteiger partial charge on any atom is -0.352 e. The van der Waals surface area contributed by atoms with Gasteiger partial charge in [-0.15, -0.1) is 0 Å². The molecule has 6 nitrogen and oxygen atoms in total. The molecule has 1 aromatic heterocycles. The number of carbonyl (C=O) groups is 2. The number of primary amides is 1. The van der Waals surface area contributed by atoms with Crippen LogP contribution in [0.4, 0.5) is 4.79 Å². The number of piperidine rings is 1. The molecule has 1 aromatic carbocycles. The van der Waals surface area contributed by atoms with Crippen LogP contribution in [-0.2, 0) is 11.3 Å². The van der Waals surface area contributed by atoms with Gasteiger partial charge in [0.05, 0.1) is 0 Å². The molecule has 0 spiro atoms. The Morgan fingerprint density at radius 3 is 2.88 bits per heavy atom. The molecule has 0 aliphatic carbocycles. The summed E-state index contributed by atoms with van der Waals surface area (Å²) in [6.07, 6.45) is 5.51. The second kappa shape index (κ2) is 7.38. The lowest BCUT2D eigenvalue weighted by Crippen LogP contribution is -2.50. The lowest BCUT2D eigenvalue weighted by atomic mass is 10.0. The van der Waals surface area contributed by atoms with Crippen LogP contribution in [0.25, 0.3) is 10.9 Å². The van der Waals surface area contributed by atoms with Crippen LogP contribution in [0, 0.1) is 0 Å². The van der Waals surface area contributed by atoms with E-state index in [1.54, 1.807) is 0 Å². The highest BCUT2D eigenvalue weighted by molar-refractivity contribution is 5.81. The van der Waals surface area contributed by atoms with E-state index in [-0.39, 0.29) is 11.9 Å². The molecule has 1 atom stereocenters. The highest BCUT2D eigenvalue weighted by Crippen LogP contribution is 2.19. The van der Waals surface area contributed by atoms with Gasteiger partial charge in [0.2, 0.25) is 5.91 Å². The van der Waals surface area contributed by atoms with Gasteiger partial charge in [-0.2, -0.15) is 0 Å². The summed E-state index contributed by atoms with van der Waals surface area (Å²) in [4.78, 5) is 25.5. The molecule has 0 saturated carbocycles. The maximum atomic E-state index is 12.7. The topological polar surface area (TPSA) is 80.4 Å². The lowest BCUT2D eigenvalue weighted by Gasteiger charge is -2.36. The van der Waals surface area contributed by atoms with Crippen LogP contribution in [-0.4, -0.2) is 40.5 Å². The van der Waals surface area contributed by atoms with Gasteiger partial charge in [-0.25, -0.2) is 4.79 Å². The first-order chi connectivity index (χ1) is 11.6. The van der Waals surface area contributed by atoms with Gasteiger partial charge in [-0.3, -0.25) is 4.79 Å². The third-order valence-corrected chi connectivity index (χ3v) is 4.71. The number of para-hydroxylation sites is 1. The number of aromatic nitrogens is 1. The Bertz CT molecular complexity index is 725. The fourth-order valence-corrected chi connectivity index (χ4v) is 3.45. The van der Waals surface area contributed by atoms with Gasteiger partial charge in [-0.1, -0.05) is 18.2 Å². The maximum absolute atomic E-state index is 12.7. The number of fused-ring (bicyclic) bond motifs is 1. The van der Waals surface area contributed by atoms with E-state index >= 15 is 0 Å². The number of rotatable bonds is 5. The number of aryl methyl sites for hydroxylation is 1. The molecular formula is C18H24N4O2. The standard InChI is InChI=1S/C18H24N4O2/c19-18(24)20-13-15-6-3-4-10-22(15)17(23)9-12-21-11-8-14-5-1-2-7-16(14)21/h1-2,5,7-8,11,15H,3-4,6,9-10,12-13H2,(H3,19,20,24). The van der Waals surface area contributed by atoms with Crippen molar-refractivity contribution in [3.8, 4) is 0 Å². The van der Waals surface area contributed by atoms with Crippen molar-refractivity contribution in [1.82, 2.24) is 14.8 Å². The van der Waals surface area contributed by atoms with E-state index < -0.39 is 6.03 Å². The third-order valence-electron chi connectivity index (χ3n) is 4.71. The van der Waals surface area contributed by atoms with E-state index in [1.165, 1.54) is 5.39 Å². The molecule has 6 heteroatoms. The normalized spacial score (nSPS) is 17.8. The van der Waals surface area contributed by atoms with E-state index in [0.717, 1.165) is 31.3 Å². The Hall–Kier alpha value is -2.50. The molecule has 1 saturated heterocycles. The van der Waals surface area contributed by atoms with Gasteiger partial charge in [-0.05, 0) is 36.8 Å². The van der Waals surface area contributed by atoms with Gasteiger partial charge < -0.3 is 20.5 Å². The maximum Gasteiger partial charge on any atom is 0.312 e. The average molecular weight is 328 g/mol. The first kappa shape index (κ1) is 16.4. The minimum atomic E-state index is -0.535. The molecular weight excluding hydrogens is 304 g/mol. The highest BCUT2D eigenvalue weighted by atomic mass is 16.2. The first-order valence-corrected chi connectivity index (χ1v) is 8.52. The van der Waals surface area contributed by atoms with Crippen LogP contribution in [0.2, 0.25) is 0 Å². The van der Waals surface area contributed by atoms with E-state index in [0.29, 0.717) is 19.5 Å². The average Bonchev–Trinajstić information content (AvgIpc) is 3.01. The number of likely N-dealkylation sites (tertiary alicyclic amines) is 1. The monoisotopic (exact) mass is 328 g/mol. The molecule has 128 valence electrons. The summed E-state index contributed by atoms with van der Waals surface area (Å²) in [5, 5.41) is 3.82. The van der Waals surface area contributed by atoms with E-state index in [4.69, 9.17) is 5.73 Å². The van der Waals surface area contributed by atoms with Crippen molar-refractivity contribution < 1.29 is 9.59 Å². The van der Waals surface area contributed by atoms with Gasteiger partial charge >= 0.3 is 6.03 Å². The second-order valence-electron chi connectivity index (χ2n) is 6.30. The van der Waals surface area contributed by atoms with Crippen LogP contribution in [0.1, 0.15) is 25.7 Å². The smallest absolute Gasteiger partial charge is 0.312 e. The van der Waals surface area contributed by atoms with E-state index in [9.17, 15) is 9.59 Å². The van der Waals surface area contributed by atoms with Gasteiger partial charge in [0.15, 0.2) is 0 Å². The number of carbonyl (C=O) groups excluding carboxylic acids is 2. The molecule has 3 amide bonds. The predicted molar refractivity (Wildman–Crippen MR) is 93.5 cm³/mol. The number of benzene rings is 1. The van der Waals surface area contributed by atoms with Crippen LogP contribution in [0.15, 0.2) is 36.5 Å². The van der Waals surface area contributed by atoms with Crippen molar-refractivity contribution >= 4 is 22.8 Å². The molecule has 0 bridgehead atoms. The van der Waals surface area contributed by atoms with Crippen LogP contribution in [0.5, 0.6) is 0 Å². The van der Waals surface area contributed by atoms with Crippen LogP contribution in [0.3, 0.4) is 0 Å². The Morgan fingerprint density at radius 2 is 2.04 bits per heavy atom. The van der Waals surface area contributed by atoms with Gasteiger partial charge in [0, 0.05) is 43.8 Å². The van der Waals surface area contributed by atoms with Crippen molar-refractivity contribution in [2.45, 2.75) is 38.3 Å². The van der Waals surface area contributed by atoms with Gasteiger partial charge in [0.25, 0.3) is 0 Å². The zero-order valence-corrected chi connectivity index (χ0v) is 13.8. The molecule has 2 aromatic rings. The van der Waals surface area contributed by atoms with Crippen molar-refractivity contribution in [2.24, 2.45) is 5.73 Å². The highest BCUT2D eigenvalue weighted by Gasteiger charge is 2.26. The number of nitrogens with one attached hydrogen (secondary N) is 1. The molecule has 1 aliphatic rings. The summed E-state index contributed by atoms with van der Waals surface area (Å²) in [6.45, 7) is 1.86. The Labute approximate surface area is 141 Å². The molecule has 1 aliphatic heterocycles. The number of nitrogens with zero attached hydrogens (tertiary/aromatic N) is 2. The molecule has 24 heavy (non-hydrogen) atoms. The van der Waals surface area contributed by atoms with Crippen molar-refractivity contribution in [3.05, 3.63) is 36.5 Å². The summed E-state index contributed by atoms with van der Waals surface area (Å²) in [6, 6.07) is 9.76. The van der Waals surface area contributed by atoms with Crippen LogP contribution >= 0.6 is 0 Å². The molecule has 3 rings (SSSR count).